The van der Waals surface area contributed by atoms with Gasteiger partial charge in [-0.3, -0.25) is 0 Å². The van der Waals surface area contributed by atoms with Crippen molar-refractivity contribution in [2.45, 2.75) is 33.0 Å². The zero-order chi connectivity index (χ0) is 23.0. The molecule has 1 aromatic carbocycles. The molecule has 1 fully saturated rings. The maximum atomic E-state index is 5.66. The van der Waals surface area contributed by atoms with Gasteiger partial charge in [-0.15, -0.1) is 24.0 Å². The molecule has 0 aliphatic carbocycles. The second-order valence-electron chi connectivity index (χ2n) is 8.30. The summed E-state index contributed by atoms with van der Waals surface area (Å²) >= 11 is 0. The number of halogens is 1. The average molecular weight is 575 g/mol. The van der Waals surface area contributed by atoms with E-state index < -0.39 is 0 Å². The summed E-state index contributed by atoms with van der Waals surface area (Å²) < 4.78 is 7.56. The second kappa shape index (κ2) is 12.7. The molecule has 0 saturated carbocycles. The maximum absolute atomic E-state index is 5.66. The highest BCUT2D eigenvalue weighted by Crippen LogP contribution is 2.17. The Labute approximate surface area is 219 Å². The Kier molecular flexibility index (Phi) is 9.70. The van der Waals surface area contributed by atoms with Crippen LogP contribution in [0.2, 0.25) is 0 Å². The van der Waals surface area contributed by atoms with Gasteiger partial charge < -0.3 is 19.9 Å². The molecule has 2 aromatic heterocycles. The fraction of sp³-hybridized carbons (Fsp3) is 0.400. The van der Waals surface area contributed by atoms with Gasteiger partial charge in [0, 0.05) is 51.2 Å². The van der Waals surface area contributed by atoms with Gasteiger partial charge in [0.1, 0.15) is 5.82 Å². The van der Waals surface area contributed by atoms with E-state index in [9.17, 15) is 0 Å². The molecule has 3 heterocycles. The fourth-order valence-electron chi connectivity index (χ4n) is 3.91. The standard InChI is InChI=1S/C25H33N7O.HI/c1-4-26-25(30(3)18-22-16-29-32(19-22)23-8-6-5-7-9-23)28-15-21-10-11-27-24(14-21)31-12-13-33-20(2)17-31;/h5-11,14,16,19-20H,4,12-13,15,17-18H2,1-3H3,(H,26,28);1H. The molecule has 4 rings (SSSR count). The lowest BCUT2D eigenvalue weighted by molar-refractivity contribution is 0.0529. The van der Waals surface area contributed by atoms with Crippen LogP contribution in [0.5, 0.6) is 0 Å². The molecule has 1 aliphatic rings. The topological polar surface area (TPSA) is 70.8 Å². The highest BCUT2D eigenvalue weighted by molar-refractivity contribution is 14.0. The lowest BCUT2D eigenvalue weighted by Crippen LogP contribution is -2.41. The Morgan fingerprint density at radius 1 is 1.24 bits per heavy atom. The zero-order valence-electron chi connectivity index (χ0n) is 20.1. The van der Waals surface area contributed by atoms with Crippen LogP contribution in [-0.2, 0) is 17.8 Å². The van der Waals surface area contributed by atoms with Gasteiger partial charge in [0.25, 0.3) is 0 Å². The Morgan fingerprint density at radius 2 is 2.06 bits per heavy atom. The van der Waals surface area contributed by atoms with Crippen LogP contribution in [0, 0.1) is 0 Å². The molecular formula is C25H34IN7O. The summed E-state index contributed by atoms with van der Waals surface area (Å²) in [5.41, 5.74) is 3.31. The maximum Gasteiger partial charge on any atom is 0.194 e. The number of ether oxygens (including phenoxy) is 1. The minimum atomic E-state index is 0. The van der Waals surface area contributed by atoms with Crippen molar-refractivity contribution in [1.29, 1.82) is 0 Å². The highest BCUT2D eigenvalue weighted by atomic mass is 127. The van der Waals surface area contributed by atoms with Crippen LogP contribution in [0.15, 0.2) is 66.0 Å². The van der Waals surface area contributed by atoms with Gasteiger partial charge in [-0.2, -0.15) is 5.10 Å². The number of aromatic nitrogens is 3. The summed E-state index contributed by atoms with van der Waals surface area (Å²) in [5, 5.41) is 7.91. The molecule has 182 valence electrons. The Morgan fingerprint density at radius 3 is 2.82 bits per heavy atom. The minimum Gasteiger partial charge on any atom is -0.375 e. The molecule has 34 heavy (non-hydrogen) atoms. The van der Waals surface area contributed by atoms with Gasteiger partial charge in [-0.25, -0.2) is 14.7 Å². The van der Waals surface area contributed by atoms with Gasteiger partial charge >= 0.3 is 0 Å². The van der Waals surface area contributed by atoms with Crippen molar-refractivity contribution in [1.82, 2.24) is 25.0 Å². The number of hydrogen-bond donors (Lipinski definition) is 1. The van der Waals surface area contributed by atoms with E-state index in [0.717, 1.165) is 54.8 Å². The highest BCUT2D eigenvalue weighted by Gasteiger charge is 2.18. The molecule has 0 bridgehead atoms. The molecule has 8 nitrogen and oxygen atoms in total. The monoisotopic (exact) mass is 575 g/mol. The Hall–Kier alpha value is -2.66. The first-order valence-electron chi connectivity index (χ1n) is 11.5. The molecule has 1 N–H and O–H groups in total. The van der Waals surface area contributed by atoms with Crippen LogP contribution in [0.3, 0.4) is 0 Å². The van der Waals surface area contributed by atoms with Gasteiger partial charge in [-0.1, -0.05) is 18.2 Å². The van der Waals surface area contributed by atoms with Crippen LogP contribution in [0.1, 0.15) is 25.0 Å². The molecular weight excluding hydrogens is 541 g/mol. The lowest BCUT2D eigenvalue weighted by Gasteiger charge is -2.32. The predicted octanol–water partition coefficient (Wildman–Crippen LogP) is 3.71. The number of aliphatic imine (C=N–C) groups is 1. The van der Waals surface area contributed by atoms with Gasteiger partial charge in [0.15, 0.2) is 5.96 Å². The number of nitrogens with one attached hydrogen (secondary N) is 1. The van der Waals surface area contributed by atoms with Crippen molar-refractivity contribution in [2.24, 2.45) is 4.99 Å². The zero-order valence-corrected chi connectivity index (χ0v) is 22.4. The molecule has 1 aliphatic heterocycles. The van der Waals surface area contributed by atoms with Crippen LogP contribution in [0.25, 0.3) is 5.69 Å². The third kappa shape index (κ3) is 6.92. The first kappa shape index (κ1) is 26.0. The number of benzene rings is 1. The molecule has 1 saturated heterocycles. The quantitative estimate of drug-likeness (QED) is 0.263. The number of rotatable bonds is 7. The van der Waals surface area contributed by atoms with E-state index in [1.54, 1.807) is 0 Å². The normalized spacial score (nSPS) is 16.1. The summed E-state index contributed by atoms with van der Waals surface area (Å²) in [4.78, 5) is 13.9. The lowest BCUT2D eigenvalue weighted by atomic mass is 10.2. The van der Waals surface area contributed by atoms with E-state index in [0.29, 0.717) is 13.1 Å². The average Bonchev–Trinajstić information content (AvgIpc) is 3.31. The van der Waals surface area contributed by atoms with E-state index in [-0.39, 0.29) is 30.1 Å². The van der Waals surface area contributed by atoms with E-state index >= 15 is 0 Å². The first-order chi connectivity index (χ1) is 16.1. The fourth-order valence-corrected chi connectivity index (χ4v) is 3.91. The molecule has 1 unspecified atom stereocenters. The number of para-hydroxylation sites is 1. The van der Waals surface area contributed by atoms with E-state index in [4.69, 9.17) is 9.73 Å². The summed E-state index contributed by atoms with van der Waals surface area (Å²) in [5.74, 6) is 1.85. The molecule has 9 heteroatoms. The summed E-state index contributed by atoms with van der Waals surface area (Å²) in [7, 11) is 2.05. The number of morpholine rings is 1. The number of hydrogen-bond acceptors (Lipinski definition) is 5. The number of nitrogens with zero attached hydrogens (tertiary/aromatic N) is 6. The van der Waals surface area contributed by atoms with Gasteiger partial charge in [0.2, 0.25) is 0 Å². The number of anilines is 1. The van der Waals surface area contributed by atoms with Gasteiger partial charge in [0.05, 0.1) is 31.1 Å². The number of pyridine rings is 1. The summed E-state index contributed by atoms with van der Waals surface area (Å²) in [6.45, 7) is 8.76. The summed E-state index contributed by atoms with van der Waals surface area (Å²) in [6, 6.07) is 14.3. The molecule has 0 spiro atoms. The van der Waals surface area contributed by atoms with E-state index in [2.05, 4.69) is 58.4 Å². The predicted molar refractivity (Wildman–Crippen MR) is 147 cm³/mol. The Balaban J connectivity index is 0.00000324. The van der Waals surface area contributed by atoms with Crippen LogP contribution in [-0.4, -0.2) is 65.0 Å². The van der Waals surface area contributed by atoms with Crippen molar-refractivity contribution in [2.75, 3.05) is 38.2 Å². The van der Waals surface area contributed by atoms with Crippen LogP contribution >= 0.6 is 24.0 Å². The smallest absolute Gasteiger partial charge is 0.194 e. The Bertz CT molecular complexity index is 1060. The molecule has 0 radical (unpaired) electrons. The van der Waals surface area contributed by atoms with Crippen LogP contribution < -0.4 is 10.2 Å². The van der Waals surface area contributed by atoms with E-state index in [1.165, 1.54) is 0 Å². The molecule has 3 aromatic rings. The third-order valence-electron chi connectivity index (χ3n) is 5.56. The summed E-state index contributed by atoms with van der Waals surface area (Å²) in [6.07, 6.45) is 6.07. The third-order valence-corrected chi connectivity index (χ3v) is 5.56. The van der Waals surface area contributed by atoms with Crippen molar-refractivity contribution in [3.8, 4) is 5.69 Å². The van der Waals surface area contributed by atoms with Crippen molar-refractivity contribution in [3.05, 3.63) is 72.2 Å². The number of guanidine groups is 1. The van der Waals surface area contributed by atoms with Gasteiger partial charge in [-0.05, 0) is 43.7 Å². The minimum absolute atomic E-state index is 0. The van der Waals surface area contributed by atoms with Crippen molar-refractivity contribution < 1.29 is 4.74 Å². The second-order valence-corrected chi connectivity index (χ2v) is 8.30. The van der Waals surface area contributed by atoms with Crippen molar-refractivity contribution in [3.63, 3.8) is 0 Å². The molecule has 0 amide bonds. The first-order valence-corrected chi connectivity index (χ1v) is 11.5. The molecule has 1 atom stereocenters. The van der Waals surface area contributed by atoms with Crippen molar-refractivity contribution >= 4 is 35.8 Å². The van der Waals surface area contributed by atoms with Crippen LogP contribution in [0.4, 0.5) is 5.82 Å². The largest absolute Gasteiger partial charge is 0.375 e. The SMILES string of the molecule is CCNC(=NCc1ccnc(N2CCOC(C)C2)c1)N(C)Cc1cnn(-c2ccccc2)c1.I. The van der Waals surface area contributed by atoms with E-state index in [1.807, 2.05) is 53.5 Å².